The molecule has 5 rings (SSSR count). The van der Waals surface area contributed by atoms with Gasteiger partial charge in [0.05, 0.1) is 0 Å². The third kappa shape index (κ3) is 2.95. The summed E-state index contributed by atoms with van der Waals surface area (Å²) in [4.78, 5) is 12.0. The molecule has 0 bridgehead atoms. The van der Waals surface area contributed by atoms with Crippen LogP contribution in [0.15, 0.2) is 67.0 Å². The largest absolute Gasteiger partial charge is 0.349 e. The van der Waals surface area contributed by atoms with Gasteiger partial charge in [0, 0.05) is 29.8 Å². The van der Waals surface area contributed by atoms with Crippen LogP contribution in [0.25, 0.3) is 33.2 Å². The quantitative estimate of drug-likeness (QED) is 0.490. The summed E-state index contributed by atoms with van der Waals surface area (Å²) in [5.74, 6) is 0.500. The lowest BCUT2D eigenvalue weighted by Crippen LogP contribution is -2.05. The topological polar surface area (TPSA) is 79.4 Å². The van der Waals surface area contributed by atoms with Gasteiger partial charge in [0.15, 0.2) is 5.65 Å². The van der Waals surface area contributed by atoms with Crippen molar-refractivity contribution >= 4 is 28.0 Å². The van der Waals surface area contributed by atoms with E-state index in [0.717, 1.165) is 38.8 Å². The molecule has 0 spiro atoms. The first-order valence-electron chi connectivity index (χ1n) is 9.13. The molecule has 0 aliphatic carbocycles. The van der Waals surface area contributed by atoms with Gasteiger partial charge in [-0.25, -0.2) is 0 Å². The second kappa shape index (κ2) is 6.74. The predicted octanol–water partition coefficient (Wildman–Crippen LogP) is 4.49. The molecule has 2 N–H and O–H groups in total. The number of anilines is 1. The first-order chi connectivity index (χ1) is 13.8. The van der Waals surface area contributed by atoms with Gasteiger partial charge in [0.1, 0.15) is 5.52 Å². The maximum absolute atomic E-state index is 4.61. The van der Waals surface area contributed by atoms with Crippen molar-refractivity contribution in [1.82, 2.24) is 25.1 Å². The molecule has 0 radical (unpaired) electrons. The lowest BCUT2D eigenvalue weighted by molar-refractivity contribution is 0.983. The minimum Gasteiger partial charge on any atom is -0.349 e. The molecule has 2 aromatic carbocycles. The Hall–Kier alpha value is -3.80. The number of aromatic nitrogens is 5. The number of benzene rings is 2. The summed E-state index contributed by atoms with van der Waals surface area (Å²) in [7, 11) is 0. The second-order valence-corrected chi connectivity index (χ2v) is 6.75. The zero-order chi connectivity index (χ0) is 18.9. The summed E-state index contributed by atoms with van der Waals surface area (Å²) in [6, 6.07) is 18.5. The minimum absolute atomic E-state index is 0.500. The third-order valence-electron chi connectivity index (χ3n) is 4.82. The molecule has 0 unspecified atom stereocenters. The second-order valence-electron chi connectivity index (χ2n) is 6.75. The van der Waals surface area contributed by atoms with E-state index in [9.17, 15) is 0 Å². The van der Waals surface area contributed by atoms with Gasteiger partial charge in [-0.3, -0.25) is 4.98 Å². The van der Waals surface area contributed by atoms with Gasteiger partial charge in [-0.05, 0) is 47.9 Å². The molecule has 0 atom stereocenters. The van der Waals surface area contributed by atoms with Gasteiger partial charge in [-0.2, -0.15) is 4.98 Å². The average molecular weight is 366 g/mol. The summed E-state index contributed by atoms with van der Waals surface area (Å²) in [5, 5.41) is 13.0. The third-order valence-corrected chi connectivity index (χ3v) is 4.82. The van der Waals surface area contributed by atoms with E-state index in [1.165, 1.54) is 5.56 Å². The van der Waals surface area contributed by atoms with Crippen LogP contribution in [0, 0.1) is 6.92 Å². The maximum atomic E-state index is 4.61. The maximum Gasteiger partial charge on any atom is 0.245 e. The smallest absolute Gasteiger partial charge is 0.245 e. The molecule has 0 saturated carbocycles. The average Bonchev–Trinajstić information content (AvgIpc) is 3.10. The van der Waals surface area contributed by atoms with Crippen molar-refractivity contribution in [2.75, 3.05) is 5.32 Å². The summed E-state index contributed by atoms with van der Waals surface area (Å²) in [5.41, 5.74) is 7.18. The van der Waals surface area contributed by atoms with Crippen LogP contribution in [-0.4, -0.2) is 25.1 Å². The normalized spacial score (nSPS) is 11.2. The lowest BCUT2D eigenvalue weighted by atomic mass is 10.0. The van der Waals surface area contributed by atoms with E-state index in [4.69, 9.17) is 0 Å². The number of rotatable bonds is 4. The SMILES string of the molecule is Cc1ccc2[nH]c3nc(NCc4ccccc4-c4ccncc4)nnc3c2c1. The van der Waals surface area contributed by atoms with Gasteiger partial charge >= 0.3 is 0 Å². The Bertz CT molecular complexity index is 1280. The van der Waals surface area contributed by atoms with Gasteiger partial charge in [0.2, 0.25) is 5.95 Å². The zero-order valence-corrected chi connectivity index (χ0v) is 15.3. The van der Waals surface area contributed by atoms with Crippen molar-refractivity contribution in [2.45, 2.75) is 13.5 Å². The Morgan fingerprint density at radius 3 is 2.71 bits per heavy atom. The van der Waals surface area contributed by atoms with Gasteiger partial charge in [0.25, 0.3) is 0 Å². The highest BCUT2D eigenvalue weighted by atomic mass is 15.2. The van der Waals surface area contributed by atoms with Crippen molar-refractivity contribution in [1.29, 1.82) is 0 Å². The molecule has 0 amide bonds. The summed E-state index contributed by atoms with van der Waals surface area (Å²) in [6.45, 7) is 2.67. The zero-order valence-electron chi connectivity index (χ0n) is 15.3. The molecule has 28 heavy (non-hydrogen) atoms. The first kappa shape index (κ1) is 16.4. The van der Waals surface area contributed by atoms with Crippen LogP contribution in [0.4, 0.5) is 5.95 Å². The summed E-state index contributed by atoms with van der Waals surface area (Å²) >= 11 is 0. The van der Waals surface area contributed by atoms with Gasteiger partial charge in [-0.1, -0.05) is 35.9 Å². The molecule has 0 fully saturated rings. The minimum atomic E-state index is 0.500. The molecular weight excluding hydrogens is 348 g/mol. The Labute approximate surface area is 161 Å². The lowest BCUT2D eigenvalue weighted by Gasteiger charge is -2.10. The predicted molar refractivity (Wildman–Crippen MR) is 111 cm³/mol. The standard InChI is InChI=1S/C22H18N6/c1-14-6-7-19-18(12-14)20-21(25-19)26-22(28-27-20)24-13-16-4-2-3-5-17(16)15-8-10-23-11-9-15/h2-12H,13H2,1H3,(H2,24,25,26,28). The summed E-state index contributed by atoms with van der Waals surface area (Å²) in [6.07, 6.45) is 3.61. The van der Waals surface area contributed by atoms with E-state index in [1.807, 2.05) is 30.3 Å². The van der Waals surface area contributed by atoms with E-state index in [2.05, 4.69) is 61.7 Å². The van der Waals surface area contributed by atoms with Crippen molar-refractivity contribution in [2.24, 2.45) is 0 Å². The number of hydrogen-bond acceptors (Lipinski definition) is 5. The highest BCUT2D eigenvalue weighted by molar-refractivity contribution is 6.03. The van der Waals surface area contributed by atoms with Crippen molar-refractivity contribution in [3.63, 3.8) is 0 Å². The van der Waals surface area contributed by atoms with Crippen LogP contribution < -0.4 is 5.32 Å². The van der Waals surface area contributed by atoms with Crippen LogP contribution in [0.3, 0.4) is 0 Å². The Kier molecular flexibility index (Phi) is 3.94. The van der Waals surface area contributed by atoms with Crippen LogP contribution in [-0.2, 0) is 6.54 Å². The molecule has 136 valence electrons. The number of H-pyrrole nitrogens is 1. The number of aryl methyl sites for hydroxylation is 1. The van der Waals surface area contributed by atoms with Crippen LogP contribution in [0.1, 0.15) is 11.1 Å². The van der Waals surface area contributed by atoms with Crippen molar-refractivity contribution < 1.29 is 0 Å². The molecule has 0 aliphatic heterocycles. The highest BCUT2D eigenvalue weighted by Crippen LogP contribution is 2.25. The number of fused-ring (bicyclic) bond motifs is 3. The molecular formula is C22H18N6. The van der Waals surface area contributed by atoms with Gasteiger partial charge in [-0.15, -0.1) is 10.2 Å². The van der Waals surface area contributed by atoms with Crippen LogP contribution >= 0.6 is 0 Å². The van der Waals surface area contributed by atoms with E-state index in [1.54, 1.807) is 12.4 Å². The molecule has 5 aromatic rings. The molecule has 0 aliphatic rings. The van der Waals surface area contributed by atoms with Crippen LogP contribution in [0.2, 0.25) is 0 Å². The molecule has 3 aromatic heterocycles. The first-order valence-corrected chi connectivity index (χ1v) is 9.13. The number of pyridine rings is 1. The highest BCUT2D eigenvalue weighted by Gasteiger charge is 2.10. The number of nitrogens with one attached hydrogen (secondary N) is 2. The Balaban J connectivity index is 1.45. The van der Waals surface area contributed by atoms with E-state index >= 15 is 0 Å². The number of hydrogen-bond donors (Lipinski definition) is 2. The fourth-order valence-electron chi connectivity index (χ4n) is 3.42. The molecule has 3 heterocycles. The molecule has 0 saturated heterocycles. The van der Waals surface area contributed by atoms with E-state index in [0.29, 0.717) is 12.5 Å². The van der Waals surface area contributed by atoms with Gasteiger partial charge < -0.3 is 10.3 Å². The molecule has 6 nitrogen and oxygen atoms in total. The molecule has 6 heteroatoms. The Morgan fingerprint density at radius 2 is 1.82 bits per heavy atom. The number of aromatic amines is 1. The van der Waals surface area contributed by atoms with Crippen molar-refractivity contribution in [3.05, 3.63) is 78.1 Å². The van der Waals surface area contributed by atoms with E-state index in [-0.39, 0.29) is 0 Å². The number of nitrogens with zero attached hydrogens (tertiary/aromatic N) is 4. The fraction of sp³-hybridized carbons (Fsp3) is 0.0909. The Morgan fingerprint density at radius 1 is 0.964 bits per heavy atom. The monoisotopic (exact) mass is 366 g/mol. The van der Waals surface area contributed by atoms with E-state index < -0.39 is 0 Å². The fourth-order valence-corrected chi connectivity index (χ4v) is 3.42. The van der Waals surface area contributed by atoms with Crippen LogP contribution in [0.5, 0.6) is 0 Å². The van der Waals surface area contributed by atoms with Crippen molar-refractivity contribution in [3.8, 4) is 11.1 Å². The summed E-state index contributed by atoms with van der Waals surface area (Å²) < 4.78 is 0.